The Labute approximate surface area is 190 Å². The molecule has 4 nitrogen and oxygen atoms in total. The van der Waals surface area contributed by atoms with E-state index in [4.69, 9.17) is 0 Å². The zero-order valence-electron chi connectivity index (χ0n) is 17.8. The number of carbonyl (C=O) groups is 1. The fraction of sp³-hybridized carbons (Fsp3) is 0.269. The van der Waals surface area contributed by atoms with Gasteiger partial charge in [-0.25, -0.2) is 4.79 Å². The number of aromatic carboxylic acids is 1. The molecule has 0 bridgehead atoms. The molecular formula is C26H30ClNO3. The quantitative estimate of drug-likeness (QED) is 0.375. The van der Waals surface area contributed by atoms with Crippen molar-refractivity contribution in [1.29, 1.82) is 0 Å². The maximum Gasteiger partial charge on any atom is 0.335 e. The fourth-order valence-corrected chi connectivity index (χ4v) is 3.60. The van der Waals surface area contributed by atoms with Crippen LogP contribution >= 0.6 is 12.4 Å². The van der Waals surface area contributed by atoms with Crippen molar-refractivity contribution in [3.8, 4) is 11.1 Å². The SMILES string of the molecule is CCCc1cc(C(=O)O)ccc1-c1ccc(CCNC[C@@H](O)c2ccccc2)cc1.Cl. The third kappa shape index (κ3) is 6.93. The van der Waals surface area contributed by atoms with Gasteiger partial charge in [0.15, 0.2) is 0 Å². The molecule has 0 spiro atoms. The third-order valence-corrected chi connectivity index (χ3v) is 5.25. The Bertz CT molecular complexity index is 958. The van der Waals surface area contributed by atoms with Crippen LogP contribution in [0.3, 0.4) is 0 Å². The van der Waals surface area contributed by atoms with Crippen LogP contribution in [-0.4, -0.2) is 29.3 Å². The number of benzene rings is 3. The first-order valence-electron chi connectivity index (χ1n) is 10.5. The second-order valence-corrected chi connectivity index (χ2v) is 7.50. The molecule has 0 aliphatic heterocycles. The van der Waals surface area contributed by atoms with Crippen LogP contribution in [0.1, 0.15) is 46.5 Å². The second kappa shape index (κ2) is 12.3. The van der Waals surface area contributed by atoms with Gasteiger partial charge in [-0.05, 0) is 59.3 Å². The lowest BCUT2D eigenvalue weighted by molar-refractivity contribution is 0.0696. The van der Waals surface area contributed by atoms with Gasteiger partial charge in [-0.3, -0.25) is 0 Å². The molecule has 3 aromatic rings. The van der Waals surface area contributed by atoms with Gasteiger partial charge in [0, 0.05) is 6.54 Å². The summed E-state index contributed by atoms with van der Waals surface area (Å²) < 4.78 is 0. The summed E-state index contributed by atoms with van der Waals surface area (Å²) in [5, 5.41) is 22.8. The molecule has 0 aliphatic rings. The van der Waals surface area contributed by atoms with Crippen LogP contribution in [0.4, 0.5) is 0 Å². The summed E-state index contributed by atoms with van der Waals surface area (Å²) in [4.78, 5) is 11.3. The van der Waals surface area contributed by atoms with Crippen LogP contribution in [0.2, 0.25) is 0 Å². The molecule has 0 saturated carbocycles. The summed E-state index contributed by atoms with van der Waals surface area (Å²) in [6.07, 6.45) is 2.20. The number of carboxylic acids is 1. The Hall–Kier alpha value is -2.66. The lowest BCUT2D eigenvalue weighted by atomic mass is 9.94. The first-order chi connectivity index (χ1) is 14.6. The Morgan fingerprint density at radius 3 is 2.32 bits per heavy atom. The Balaban J connectivity index is 0.00000341. The summed E-state index contributed by atoms with van der Waals surface area (Å²) >= 11 is 0. The molecule has 0 amide bonds. The molecule has 5 heteroatoms. The first-order valence-corrected chi connectivity index (χ1v) is 10.5. The third-order valence-electron chi connectivity index (χ3n) is 5.25. The Morgan fingerprint density at radius 2 is 1.68 bits per heavy atom. The zero-order valence-corrected chi connectivity index (χ0v) is 18.6. The molecule has 0 saturated heterocycles. The molecule has 0 radical (unpaired) electrons. The summed E-state index contributed by atoms with van der Waals surface area (Å²) in [6.45, 7) is 3.41. The van der Waals surface area contributed by atoms with Crippen molar-refractivity contribution in [1.82, 2.24) is 5.32 Å². The van der Waals surface area contributed by atoms with Gasteiger partial charge in [-0.1, -0.05) is 74.0 Å². The average Bonchev–Trinajstić information content (AvgIpc) is 2.78. The van der Waals surface area contributed by atoms with Gasteiger partial charge in [0.2, 0.25) is 0 Å². The molecule has 31 heavy (non-hydrogen) atoms. The van der Waals surface area contributed by atoms with E-state index in [1.807, 2.05) is 36.4 Å². The normalized spacial score (nSPS) is 11.5. The van der Waals surface area contributed by atoms with E-state index >= 15 is 0 Å². The van der Waals surface area contributed by atoms with Crippen LogP contribution in [0.15, 0.2) is 72.8 Å². The minimum Gasteiger partial charge on any atom is -0.478 e. The number of aliphatic hydroxyl groups is 1. The van der Waals surface area contributed by atoms with E-state index in [0.29, 0.717) is 12.1 Å². The second-order valence-electron chi connectivity index (χ2n) is 7.50. The Morgan fingerprint density at radius 1 is 0.968 bits per heavy atom. The first kappa shape index (κ1) is 24.6. The number of hydrogen-bond acceptors (Lipinski definition) is 3. The van der Waals surface area contributed by atoms with Gasteiger partial charge >= 0.3 is 5.97 Å². The fourth-order valence-electron chi connectivity index (χ4n) is 3.60. The van der Waals surface area contributed by atoms with Crippen molar-refractivity contribution in [2.75, 3.05) is 13.1 Å². The van der Waals surface area contributed by atoms with E-state index in [9.17, 15) is 15.0 Å². The molecule has 1 atom stereocenters. The van der Waals surface area contributed by atoms with Gasteiger partial charge < -0.3 is 15.5 Å². The maximum atomic E-state index is 11.3. The topological polar surface area (TPSA) is 69.6 Å². The standard InChI is InChI=1S/C26H29NO3.ClH/c1-2-6-22-17-23(26(29)30)13-14-24(22)20-11-9-19(10-12-20)15-16-27-18-25(28)21-7-4-3-5-8-21;/h3-5,7-14,17,25,27-28H,2,6,15-16,18H2,1H3,(H,29,30);1H/t25-;/m1./s1. The van der Waals surface area contributed by atoms with E-state index in [1.54, 1.807) is 12.1 Å². The van der Waals surface area contributed by atoms with Crippen LogP contribution in [0.5, 0.6) is 0 Å². The molecule has 3 aromatic carbocycles. The molecule has 3 rings (SSSR count). The highest BCUT2D eigenvalue weighted by atomic mass is 35.5. The lowest BCUT2D eigenvalue weighted by Crippen LogP contribution is -2.23. The van der Waals surface area contributed by atoms with Crippen LogP contribution in [0, 0.1) is 0 Å². The van der Waals surface area contributed by atoms with E-state index in [2.05, 4.69) is 36.5 Å². The van der Waals surface area contributed by atoms with E-state index < -0.39 is 12.1 Å². The average molecular weight is 440 g/mol. The summed E-state index contributed by atoms with van der Waals surface area (Å²) in [7, 11) is 0. The maximum absolute atomic E-state index is 11.3. The number of carboxylic acid groups (broad SMARTS) is 1. The van der Waals surface area contributed by atoms with Gasteiger partial charge in [-0.15, -0.1) is 12.4 Å². The minimum absolute atomic E-state index is 0. The number of halogens is 1. The Kier molecular flexibility index (Phi) is 9.73. The molecule has 0 fully saturated rings. The summed E-state index contributed by atoms with van der Waals surface area (Å²) in [6, 6.07) is 23.5. The molecule has 0 heterocycles. The van der Waals surface area contributed by atoms with Crippen molar-refractivity contribution < 1.29 is 15.0 Å². The molecule has 0 unspecified atom stereocenters. The summed E-state index contributed by atoms with van der Waals surface area (Å²) in [5.74, 6) is -0.890. The van der Waals surface area contributed by atoms with Crippen LogP contribution in [0.25, 0.3) is 11.1 Å². The van der Waals surface area contributed by atoms with Crippen molar-refractivity contribution >= 4 is 18.4 Å². The van der Waals surface area contributed by atoms with E-state index in [0.717, 1.165) is 48.1 Å². The van der Waals surface area contributed by atoms with Crippen molar-refractivity contribution in [2.45, 2.75) is 32.3 Å². The minimum atomic E-state index is -0.890. The van der Waals surface area contributed by atoms with Gasteiger partial charge in [0.1, 0.15) is 0 Å². The molecule has 0 aromatic heterocycles. The van der Waals surface area contributed by atoms with Crippen molar-refractivity contribution in [2.24, 2.45) is 0 Å². The van der Waals surface area contributed by atoms with Crippen molar-refractivity contribution in [3.05, 3.63) is 95.1 Å². The van der Waals surface area contributed by atoms with Crippen molar-refractivity contribution in [3.63, 3.8) is 0 Å². The monoisotopic (exact) mass is 439 g/mol. The highest BCUT2D eigenvalue weighted by Crippen LogP contribution is 2.26. The van der Waals surface area contributed by atoms with Gasteiger partial charge in [0.25, 0.3) is 0 Å². The number of aliphatic hydroxyl groups excluding tert-OH is 1. The van der Waals surface area contributed by atoms with Gasteiger partial charge in [0.05, 0.1) is 11.7 Å². The van der Waals surface area contributed by atoms with Gasteiger partial charge in [-0.2, -0.15) is 0 Å². The predicted octanol–water partition coefficient (Wildman–Crippen LogP) is 5.29. The molecular weight excluding hydrogens is 410 g/mol. The van der Waals surface area contributed by atoms with E-state index in [-0.39, 0.29) is 12.4 Å². The predicted molar refractivity (Wildman–Crippen MR) is 128 cm³/mol. The highest BCUT2D eigenvalue weighted by Gasteiger charge is 2.10. The number of aryl methyl sites for hydroxylation is 1. The number of nitrogens with one attached hydrogen (secondary N) is 1. The zero-order chi connectivity index (χ0) is 21.3. The number of hydrogen-bond donors (Lipinski definition) is 3. The van der Waals surface area contributed by atoms with E-state index in [1.165, 1.54) is 5.56 Å². The number of rotatable bonds is 10. The molecule has 3 N–H and O–H groups in total. The van der Waals surface area contributed by atoms with Crippen LogP contribution < -0.4 is 5.32 Å². The highest BCUT2D eigenvalue weighted by molar-refractivity contribution is 5.89. The lowest BCUT2D eigenvalue weighted by Gasteiger charge is -2.13. The van der Waals surface area contributed by atoms with Crippen LogP contribution in [-0.2, 0) is 12.8 Å². The molecule has 164 valence electrons. The smallest absolute Gasteiger partial charge is 0.335 e. The molecule has 0 aliphatic carbocycles. The largest absolute Gasteiger partial charge is 0.478 e. The summed E-state index contributed by atoms with van der Waals surface area (Å²) in [5.41, 5.74) is 5.75.